The van der Waals surface area contributed by atoms with E-state index in [4.69, 9.17) is 14.2 Å². The molecular formula is C20H25NO5S. The predicted molar refractivity (Wildman–Crippen MR) is 107 cm³/mol. The average molecular weight is 391 g/mol. The van der Waals surface area contributed by atoms with Crippen LogP contribution in [0.25, 0.3) is 11.1 Å². The first-order chi connectivity index (χ1) is 12.7. The van der Waals surface area contributed by atoms with E-state index in [0.717, 1.165) is 11.3 Å². The van der Waals surface area contributed by atoms with Crippen molar-refractivity contribution in [3.8, 4) is 16.9 Å². The van der Waals surface area contributed by atoms with Gasteiger partial charge >= 0.3 is 12.1 Å². The first-order valence-electron chi connectivity index (χ1n) is 8.77. The molecule has 0 aliphatic rings. The van der Waals surface area contributed by atoms with Crippen LogP contribution in [0.2, 0.25) is 0 Å². The second-order valence-electron chi connectivity index (χ2n) is 6.66. The molecule has 6 nitrogen and oxygen atoms in total. The van der Waals surface area contributed by atoms with Gasteiger partial charge in [0.15, 0.2) is 0 Å². The molecule has 1 N–H and O–H groups in total. The SMILES string of the molecule is CCOC(=O)c1c(-c2ccc(OCC)cc2)csc1NC(=O)OC(C)(C)C. The van der Waals surface area contributed by atoms with Gasteiger partial charge in [-0.3, -0.25) is 5.32 Å². The fourth-order valence-corrected chi connectivity index (χ4v) is 3.31. The zero-order valence-electron chi connectivity index (χ0n) is 16.3. The summed E-state index contributed by atoms with van der Waals surface area (Å²) in [4.78, 5) is 24.7. The average Bonchev–Trinajstić information content (AvgIpc) is 2.97. The smallest absolute Gasteiger partial charge is 0.412 e. The zero-order valence-corrected chi connectivity index (χ0v) is 17.1. The number of amides is 1. The molecule has 0 atom stereocenters. The number of hydrogen-bond donors (Lipinski definition) is 1. The zero-order chi connectivity index (χ0) is 20.0. The molecule has 7 heteroatoms. The quantitative estimate of drug-likeness (QED) is 0.673. The highest BCUT2D eigenvalue weighted by atomic mass is 32.1. The van der Waals surface area contributed by atoms with Gasteiger partial charge in [0.1, 0.15) is 21.9 Å². The molecule has 0 bridgehead atoms. The van der Waals surface area contributed by atoms with Crippen LogP contribution in [0, 0.1) is 0 Å². The van der Waals surface area contributed by atoms with Gasteiger partial charge in [-0.15, -0.1) is 11.3 Å². The van der Waals surface area contributed by atoms with E-state index < -0.39 is 17.7 Å². The number of rotatable bonds is 6. The number of hydrogen-bond acceptors (Lipinski definition) is 6. The summed E-state index contributed by atoms with van der Waals surface area (Å²) in [7, 11) is 0. The minimum atomic E-state index is -0.636. The van der Waals surface area contributed by atoms with Crippen molar-refractivity contribution in [3.63, 3.8) is 0 Å². The maximum absolute atomic E-state index is 12.5. The normalized spacial score (nSPS) is 11.0. The van der Waals surface area contributed by atoms with Crippen molar-refractivity contribution in [1.82, 2.24) is 0 Å². The molecule has 146 valence electrons. The highest BCUT2D eigenvalue weighted by Gasteiger charge is 2.24. The van der Waals surface area contributed by atoms with Crippen molar-refractivity contribution in [1.29, 1.82) is 0 Å². The van der Waals surface area contributed by atoms with Crippen LogP contribution >= 0.6 is 11.3 Å². The van der Waals surface area contributed by atoms with E-state index in [2.05, 4.69) is 5.32 Å². The number of carbonyl (C=O) groups excluding carboxylic acids is 2. The molecule has 0 unspecified atom stereocenters. The second kappa shape index (κ2) is 8.90. The molecule has 0 radical (unpaired) electrons. The molecular weight excluding hydrogens is 366 g/mol. The van der Waals surface area contributed by atoms with Crippen molar-refractivity contribution in [2.24, 2.45) is 0 Å². The lowest BCUT2D eigenvalue weighted by Gasteiger charge is -2.19. The molecule has 2 rings (SSSR count). The van der Waals surface area contributed by atoms with Gasteiger partial charge in [0.25, 0.3) is 0 Å². The van der Waals surface area contributed by atoms with Crippen LogP contribution in [0.3, 0.4) is 0 Å². The largest absolute Gasteiger partial charge is 0.494 e. The minimum Gasteiger partial charge on any atom is -0.494 e. The molecule has 2 aromatic rings. The summed E-state index contributed by atoms with van der Waals surface area (Å²) in [5.41, 5.74) is 1.20. The van der Waals surface area contributed by atoms with E-state index in [1.54, 1.807) is 27.7 Å². The second-order valence-corrected chi connectivity index (χ2v) is 7.54. The van der Waals surface area contributed by atoms with Crippen LogP contribution in [-0.2, 0) is 9.47 Å². The molecule has 0 saturated carbocycles. The van der Waals surface area contributed by atoms with Crippen molar-refractivity contribution >= 4 is 28.4 Å². The van der Waals surface area contributed by atoms with Gasteiger partial charge < -0.3 is 14.2 Å². The molecule has 0 saturated heterocycles. The fourth-order valence-electron chi connectivity index (χ4n) is 2.36. The van der Waals surface area contributed by atoms with Gasteiger partial charge in [0.2, 0.25) is 0 Å². The van der Waals surface area contributed by atoms with Crippen molar-refractivity contribution in [2.45, 2.75) is 40.2 Å². The number of carbonyl (C=O) groups is 2. The van der Waals surface area contributed by atoms with Gasteiger partial charge in [0, 0.05) is 10.9 Å². The highest BCUT2D eigenvalue weighted by molar-refractivity contribution is 7.15. The van der Waals surface area contributed by atoms with Crippen molar-refractivity contribution < 1.29 is 23.8 Å². The molecule has 0 fully saturated rings. The van der Waals surface area contributed by atoms with Crippen molar-refractivity contribution in [2.75, 3.05) is 18.5 Å². The molecule has 0 spiro atoms. The number of nitrogens with one attached hydrogen (secondary N) is 1. The maximum atomic E-state index is 12.5. The van der Waals surface area contributed by atoms with Crippen LogP contribution in [-0.4, -0.2) is 30.9 Å². The highest BCUT2D eigenvalue weighted by Crippen LogP contribution is 2.37. The minimum absolute atomic E-state index is 0.239. The Bertz CT molecular complexity index is 790. The lowest BCUT2D eigenvalue weighted by Crippen LogP contribution is -2.27. The van der Waals surface area contributed by atoms with Gasteiger partial charge in [-0.1, -0.05) is 12.1 Å². The lowest BCUT2D eigenvalue weighted by atomic mass is 10.0. The predicted octanol–water partition coefficient (Wildman–Crippen LogP) is 5.34. The molecule has 0 aliphatic heterocycles. The molecule has 1 aromatic carbocycles. The van der Waals surface area contributed by atoms with Crippen LogP contribution in [0.4, 0.5) is 9.80 Å². The summed E-state index contributed by atoms with van der Waals surface area (Å²) in [5.74, 6) is 0.259. The Balaban J connectivity index is 2.36. The lowest BCUT2D eigenvalue weighted by molar-refractivity contribution is 0.0529. The van der Waals surface area contributed by atoms with E-state index in [1.807, 2.05) is 36.6 Å². The number of esters is 1. The molecule has 1 aromatic heterocycles. The van der Waals surface area contributed by atoms with Crippen molar-refractivity contribution in [3.05, 3.63) is 35.2 Å². The summed E-state index contributed by atoms with van der Waals surface area (Å²) in [5, 5.41) is 4.87. The Morgan fingerprint density at radius 1 is 1.07 bits per heavy atom. The van der Waals surface area contributed by atoms with Gasteiger partial charge in [-0.25, -0.2) is 9.59 Å². The van der Waals surface area contributed by atoms with Gasteiger partial charge in [0.05, 0.1) is 13.2 Å². The van der Waals surface area contributed by atoms with Crippen LogP contribution in [0.1, 0.15) is 45.0 Å². The molecule has 1 amide bonds. The van der Waals surface area contributed by atoms with Gasteiger partial charge in [-0.2, -0.15) is 0 Å². The third-order valence-corrected chi connectivity index (χ3v) is 4.26. The monoisotopic (exact) mass is 391 g/mol. The van der Waals surface area contributed by atoms with E-state index in [1.165, 1.54) is 11.3 Å². The van der Waals surface area contributed by atoms with Crippen LogP contribution < -0.4 is 10.1 Å². The Labute approximate surface area is 163 Å². The van der Waals surface area contributed by atoms with E-state index in [-0.39, 0.29) is 6.61 Å². The first-order valence-corrected chi connectivity index (χ1v) is 9.65. The van der Waals surface area contributed by atoms with E-state index >= 15 is 0 Å². The first kappa shape index (κ1) is 20.8. The summed E-state index contributed by atoms with van der Waals surface area (Å²) < 4.78 is 15.9. The Hall–Kier alpha value is -2.54. The number of anilines is 1. The number of thiophene rings is 1. The fraction of sp³-hybridized carbons (Fsp3) is 0.400. The van der Waals surface area contributed by atoms with Crippen LogP contribution in [0.15, 0.2) is 29.6 Å². The third-order valence-electron chi connectivity index (χ3n) is 3.36. The number of benzene rings is 1. The summed E-state index contributed by atoms with van der Waals surface area (Å²) in [6.07, 6.45) is -0.617. The van der Waals surface area contributed by atoms with E-state index in [0.29, 0.717) is 22.7 Å². The third kappa shape index (κ3) is 5.72. The summed E-state index contributed by atoms with van der Waals surface area (Å²) in [6, 6.07) is 7.42. The maximum Gasteiger partial charge on any atom is 0.412 e. The molecule has 1 heterocycles. The summed E-state index contributed by atoms with van der Waals surface area (Å²) in [6.45, 7) is 9.80. The standard InChI is InChI=1S/C20H25NO5S/c1-6-24-14-10-8-13(9-11-14)15-12-27-17(16(15)18(22)25-7-2)21-19(23)26-20(3,4)5/h8-12H,6-7H2,1-5H3,(H,21,23). The van der Waals surface area contributed by atoms with Gasteiger partial charge in [-0.05, 0) is 52.3 Å². The summed E-state index contributed by atoms with van der Waals surface area (Å²) >= 11 is 1.25. The van der Waals surface area contributed by atoms with E-state index in [9.17, 15) is 9.59 Å². The Morgan fingerprint density at radius 3 is 2.30 bits per heavy atom. The molecule has 0 aliphatic carbocycles. The Kier molecular flexibility index (Phi) is 6.85. The molecule has 27 heavy (non-hydrogen) atoms. The van der Waals surface area contributed by atoms with Crippen LogP contribution in [0.5, 0.6) is 5.75 Å². The number of ether oxygens (including phenoxy) is 3. The topological polar surface area (TPSA) is 73.9 Å². The Morgan fingerprint density at radius 2 is 1.74 bits per heavy atom.